The van der Waals surface area contributed by atoms with Gasteiger partial charge in [0.25, 0.3) is 0 Å². The summed E-state index contributed by atoms with van der Waals surface area (Å²) >= 11 is 1.08. The SMILES string of the molecule is FC(F)(F)c1csc(C2CCCN(c3ncccn3)C2)n1. The molecule has 21 heavy (non-hydrogen) atoms. The van der Waals surface area contributed by atoms with Gasteiger partial charge in [-0.1, -0.05) is 0 Å². The third kappa shape index (κ3) is 3.15. The second-order valence-corrected chi connectivity index (χ2v) is 5.79. The van der Waals surface area contributed by atoms with Crippen molar-refractivity contribution in [2.24, 2.45) is 0 Å². The first-order valence-corrected chi connectivity index (χ1v) is 7.46. The van der Waals surface area contributed by atoms with Crippen LogP contribution in [0.2, 0.25) is 0 Å². The highest BCUT2D eigenvalue weighted by Crippen LogP contribution is 2.35. The van der Waals surface area contributed by atoms with Crippen LogP contribution in [-0.4, -0.2) is 28.0 Å². The number of hydrogen-bond donors (Lipinski definition) is 0. The molecule has 3 rings (SSSR count). The van der Waals surface area contributed by atoms with Crippen LogP contribution in [0.25, 0.3) is 0 Å². The van der Waals surface area contributed by atoms with Crippen molar-refractivity contribution in [3.8, 4) is 0 Å². The van der Waals surface area contributed by atoms with Gasteiger partial charge in [0.1, 0.15) is 0 Å². The first-order valence-electron chi connectivity index (χ1n) is 6.58. The van der Waals surface area contributed by atoms with E-state index in [-0.39, 0.29) is 5.92 Å². The largest absolute Gasteiger partial charge is 0.434 e. The van der Waals surface area contributed by atoms with Crippen molar-refractivity contribution in [2.75, 3.05) is 18.0 Å². The molecule has 0 saturated carbocycles. The number of thiazole rings is 1. The van der Waals surface area contributed by atoms with E-state index in [1.807, 2.05) is 4.90 Å². The minimum atomic E-state index is -4.37. The Balaban J connectivity index is 1.76. The predicted octanol–water partition coefficient (Wildman–Crippen LogP) is 3.34. The Bertz CT molecular complexity index is 599. The number of nitrogens with zero attached hydrogens (tertiary/aromatic N) is 4. The van der Waals surface area contributed by atoms with E-state index in [1.165, 1.54) is 0 Å². The van der Waals surface area contributed by atoms with E-state index in [0.717, 1.165) is 36.1 Å². The molecular formula is C13H13F3N4S. The monoisotopic (exact) mass is 314 g/mol. The lowest BCUT2D eigenvalue weighted by Crippen LogP contribution is -2.35. The van der Waals surface area contributed by atoms with Crippen LogP contribution in [0, 0.1) is 0 Å². The zero-order chi connectivity index (χ0) is 14.9. The van der Waals surface area contributed by atoms with Crippen molar-refractivity contribution in [3.63, 3.8) is 0 Å². The topological polar surface area (TPSA) is 41.9 Å². The van der Waals surface area contributed by atoms with Crippen LogP contribution in [0.1, 0.15) is 29.5 Å². The summed E-state index contributed by atoms with van der Waals surface area (Å²) in [5, 5.41) is 1.63. The molecule has 1 aliphatic heterocycles. The summed E-state index contributed by atoms with van der Waals surface area (Å²) in [6.45, 7) is 1.42. The number of aromatic nitrogens is 3. The maximum atomic E-state index is 12.6. The van der Waals surface area contributed by atoms with E-state index >= 15 is 0 Å². The highest BCUT2D eigenvalue weighted by atomic mass is 32.1. The lowest BCUT2D eigenvalue weighted by molar-refractivity contribution is -0.140. The first kappa shape index (κ1) is 14.2. The summed E-state index contributed by atoms with van der Waals surface area (Å²) in [5.74, 6) is 0.624. The molecule has 4 nitrogen and oxygen atoms in total. The fourth-order valence-electron chi connectivity index (χ4n) is 2.42. The van der Waals surface area contributed by atoms with E-state index in [2.05, 4.69) is 15.0 Å². The third-order valence-electron chi connectivity index (χ3n) is 3.42. The number of piperidine rings is 1. The quantitative estimate of drug-likeness (QED) is 0.852. The minimum absolute atomic E-state index is 0.00339. The third-order valence-corrected chi connectivity index (χ3v) is 4.43. The molecule has 0 N–H and O–H groups in total. The molecule has 8 heteroatoms. The van der Waals surface area contributed by atoms with Crippen LogP contribution in [0.4, 0.5) is 19.1 Å². The zero-order valence-corrected chi connectivity index (χ0v) is 11.9. The van der Waals surface area contributed by atoms with Gasteiger partial charge in [-0.05, 0) is 18.9 Å². The molecule has 2 aromatic rings. The molecule has 1 atom stereocenters. The minimum Gasteiger partial charge on any atom is -0.340 e. The average Bonchev–Trinajstić information content (AvgIpc) is 2.98. The molecule has 0 aliphatic carbocycles. The van der Waals surface area contributed by atoms with Crippen molar-refractivity contribution in [2.45, 2.75) is 24.9 Å². The number of halogens is 3. The van der Waals surface area contributed by atoms with Crippen LogP contribution in [0.3, 0.4) is 0 Å². The van der Waals surface area contributed by atoms with E-state index in [4.69, 9.17) is 0 Å². The van der Waals surface area contributed by atoms with Crippen molar-refractivity contribution < 1.29 is 13.2 Å². The molecule has 1 aliphatic rings. The fourth-order valence-corrected chi connectivity index (χ4v) is 3.37. The lowest BCUT2D eigenvalue weighted by Gasteiger charge is -2.31. The summed E-state index contributed by atoms with van der Waals surface area (Å²) in [6.07, 6.45) is 0.692. The van der Waals surface area contributed by atoms with Crippen molar-refractivity contribution in [1.82, 2.24) is 15.0 Å². The Morgan fingerprint density at radius 2 is 2.00 bits per heavy atom. The summed E-state index contributed by atoms with van der Waals surface area (Å²) in [4.78, 5) is 14.1. The van der Waals surface area contributed by atoms with Gasteiger partial charge in [-0.25, -0.2) is 15.0 Å². The van der Waals surface area contributed by atoms with Gasteiger partial charge in [0.05, 0.1) is 5.01 Å². The summed E-state index contributed by atoms with van der Waals surface area (Å²) < 4.78 is 37.9. The van der Waals surface area contributed by atoms with Crippen LogP contribution in [0.15, 0.2) is 23.8 Å². The van der Waals surface area contributed by atoms with Crippen molar-refractivity contribution in [3.05, 3.63) is 34.5 Å². The predicted molar refractivity (Wildman–Crippen MR) is 73.3 cm³/mol. The molecule has 1 saturated heterocycles. The Morgan fingerprint density at radius 3 is 2.67 bits per heavy atom. The smallest absolute Gasteiger partial charge is 0.340 e. The molecule has 0 spiro atoms. The fraction of sp³-hybridized carbons (Fsp3) is 0.462. The molecule has 0 amide bonds. The van der Waals surface area contributed by atoms with Gasteiger partial charge in [0.15, 0.2) is 5.69 Å². The number of alkyl halides is 3. The van der Waals surface area contributed by atoms with Gasteiger partial charge in [-0.15, -0.1) is 11.3 Å². The number of hydrogen-bond acceptors (Lipinski definition) is 5. The number of rotatable bonds is 2. The summed E-state index contributed by atoms with van der Waals surface area (Å²) in [5.41, 5.74) is -0.796. The highest BCUT2D eigenvalue weighted by Gasteiger charge is 2.35. The molecule has 112 valence electrons. The molecule has 0 bridgehead atoms. The maximum Gasteiger partial charge on any atom is 0.434 e. The van der Waals surface area contributed by atoms with Crippen molar-refractivity contribution >= 4 is 17.3 Å². The van der Waals surface area contributed by atoms with Gasteiger partial charge in [0, 0.05) is 36.8 Å². The van der Waals surface area contributed by atoms with Gasteiger partial charge in [-0.2, -0.15) is 13.2 Å². The van der Waals surface area contributed by atoms with E-state index < -0.39 is 11.9 Å². The highest BCUT2D eigenvalue weighted by molar-refractivity contribution is 7.09. The molecule has 0 aromatic carbocycles. The van der Waals surface area contributed by atoms with Crippen LogP contribution < -0.4 is 4.90 Å². The van der Waals surface area contributed by atoms with Crippen LogP contribution in [0.5, 0.6) is 0 Å². The van der Waals surface area contributed by atoms with Gasteiger partial charge in [0.2, 0.25) is 5.95 Å². The molecule has 2 aromatic heterocycles. The van der Waals surface area contributed by atoms with Crippen LogP contribution in [-0.2, 0) is 6.18 Å². The van der Waals surface area contributed by atoms with Crippen LogP contribution >= 0.6 is 11.3 Å². The van der Waals surface area contributed by atoms with E-state index in [0.29, 0.717) is 17.5 Å². The van der Waals surface area contributed by atoms with Gasteiger partial charge in [-0.3, -0.25) is 0 Å². The Hall–Kier alpha value is -1.70. The molecule has 0 radical (unpaired) electrons. The van der Waals surface area contributed by atoms with Crippen molar-refractivity contribution in [1.29, 1.82) is 0 Å². The lowest BCUT2D eigenvalue weighted by atomic mass is 9.99. The Labute approximate surface area is 123 Å². The second-order valence-electron chi connectivity index (χ2n) is 4.90. The molecule has 1 unspecified atom stereocenters. The van der Waals surface area contributed by atoms with E-state index in [9.17, 15) is 13.2 Å². The average molecular weight is 314 g/mol. The standard InChI is InChI=1S/C13H13F3N4S/c14-13(15,16)10-8-21-11(19-10)9-3-1-6-20(7-9)12-17-4-2-5-18-12/h2,4-5,8-9H,1,3,6-7H2. The molecule has 1 fully saturated rings. The molecule has 3 heterocycles. The first-order chi connectivity index (χ1) is 10.0. The Morgan fingerprint density at radius 1 is 1.24 bits per heavy atom. The number of anilines is 1. The Kier molecular flexibility index (Phi) is 3.79. The normalized spacial score (nSPS) is 19.8. The maximum absolute atomic E-state index is 12.6. The summed E-state index contributed by atoms with van der Waals surface area (Å²) in [7, 11) is 0. The second kappa shape index (κ2) is 5.59. The van der Waals surface area contributed by atoms with Gasteiger partial charge < -0.3 is 4.90 Å². The zero-order valence-electron chi connectivity index (χ0n) is 11.0. The molecular weight excluding hydrogens is 301 g/mol. The summed E-state index contributed by atoms with van der Waals surface area (Å²) in [6, 6.07) is 1.74. The van der Waals surface area contributed by atoms with E-state index in [1.54, 1.807) is 18.5 Å². The van der Waals surface area contributed by atoms with Gasteiger partial charge >= 0.3 is 6.18 Å².